The van der Waals surface area contributed by atoms with Gasteiger partial charge in [0.15, 0.2) is 11.5 Å². The summed E-state index contributed by atoms with van der Waals surface area (Å²) in [5, 5.41) is 0. The first-order valence-corrected chi connectivity index (χ1v) is 7.45. The molecule has 1 aromatic heterocycles. The van der Waals surface area contributed by atoms with E-state index in [-0.39, 0.29) is 6.79 Å². The summed E-state index contributed by atoms with van der Waals surface area (Å²) in [4.78, 5) is 4.72. The van der Waals surface area contributed by atoms with Crippen molar-refractivity contribution in [3.63, 3.8) is 0 Å². The lowest BCUT2D eigenvalue weighted by Gasteiger charge is -2.10. The molecule has 0 spiro atoms. The molecule has 4 rings (SSSR count). The molecule has 2 heterocycles. The van der Waals surface area contributed by atoms with Crippen molar-refractivity contribution in [2.45, 2.75) is 6.42 Å². The molecular weight excluding hydrogens is 294 g/mol. The van der Waals surface area contributed by atoms with Crippen LogP contribution in [-0.4, -0.2) is 30.0 Å². The monoisotopic (exact) mass is 311 g/mol. The van der Waals surface area contributed by atoms with Crippen molar-refractivity contribution in [2.75, 3.05) is 20.4 Å². The van der Waals surface area contributed by atoms with Gasteiger partial charge in [0.05, 0.1) is 23.8 Å². The molecule has 0 saturated carbocycles. The van der Waals surface area contributed by atoms with E-state index in [1.165, 1.54) is 0 Å². The van der Waals surface area contributed by atoms with Gasteiger partial charge in [-0.2, -0.15) is 0 Å². The zero-order valence-electron chi connectivity index (χ0n) is 12.8. The van der Waals surface area contributed by atoms with Crippen LogP contribution in [0.25, 0.3) is 16.7 Å². The number of nitrogens with zero attached hydrogens (tertiary/aromatic N) is 2. The van der Waals surface area contributed by atoms with E-state index in [0.29, 0.717) is 13.0 Å². The van der Waals surface area contributed by atoms with Gasteiger partial charge in [0, 0.05) is 24.6 Å². The number of nitrogens with two attached hydrogens (primary N) is 1. The molecule has 0 aliphatic carbocycles. The number of hydrogen-bond donors (Lipinski definition) is 1. The molecule has 6 nitrogen and oxygen atoms in total. The summed E-state index contributed by atoms with van der Waals surface area (Å²) in [6.07, 6.45) is 0.679. The maximum atomic E-state index is 5.76. The molecule has 2 N–H and O–H groups in total. The minimum Gasteiger partial charge on any atom is -0.497 e. The molecular formula is C17H17N3O3. The molecule has 0 bridgehead atoms. The summed E-state index contributed by atoms with van der Waals surface area (Å²) in [5.41, 5.74) is 8.56. The van der Waals surface area contributed by atoms with E-state index < -0.39 is 0 Å². The molecule has 0 amide bonds. The van der Waals surface area contributed by atoms with Gasteiger partial charge < -0.3 is 19.9 Å². The summed E-state index contributed by atoms with van der Waals surface area (Å²) in [5.74, 6) is 3.16. The number of methoxy groups -OCH3 is 1. The number of fused-ring (bicyclic) bond motifs is 2. The molecule has 0 atom stereocenters. The lowest BCUT2D eigenvalue weighted by atomic mass is 10.2. The van der Waals surface area contributed by atoms with E-state index in [1.807, 2.05) is 36.4 Å². The third-order valence-corrected chi connectivity index (χ3v) is 3.90. The topological polar surface area (TPSA) is 71.5 Å². The Morgan fingerprint density at radius 3 is 2.83 bits per heavy atom. The highest BCUT2D eigenvalue weighted by Crippen LogP contribution is 2.37. The fourth-order valence-corrected chi connectivity index (χ4v) is 2.85. The quantitative estimate of drug-likeness (QED) is 0.800. The van der Waals surface area contributed by atoms with Crippen LogP contribution in [-0.2, 0) is 6.42 Å². The Labute approximate surface area is 133 Å². The highest BCUT2D eigenvalue weighted by atomic mass is 16.7. The van der Waals surface area contributed by atoms with E-state index in [2.05, 4.69) is 4.57 Å². The zero-order chi connectivity index (χ0) is 15.8. The molecule has 3 aromatic rings. The van der Waals surface area contributed by atoms with Crippen LogP contribution in [0.4, 0.5) is 0 Å². The van der Waals surface area contributed by atoms with Crippen LogP contribution >= 0.6 is 0 Å². The Bertz CT molecular complexity index is 873. The van der Waals surface area contributed by atoms with Gasteiger partial charge in [-0.15, -0.1) is 0 Å². The van der Waals surface area contributed by atoms with E-state index in [0.717, 1.165) is 39.8 Å². The van der Waals surface area contributed by atoms with Gasteiger partial charge >= 0.3 is 0 Å². The van der Waals surface area contributed by atoms with E-state index in [4.69, 9.17) is 24.9 Å². The first kappa shape index (κ1) is 13.9. The van der Waals surface area contributed by atoms with E-state index in [9.17, 15) is 0 Å². The first-order valence-electron chi connectivity index (χ1n) is 7.45. The average Bonchev–Trinajstić information content (AvgIpc) is 3.16. The summed E-state index contributed by atoms with van der Waals surface area (Å²) < 4.78 is 18.4. The zero-order valence-corrected chi connectivity index (χ0v) is 12.8. The first-order chi connectivity index (χ1) is 11.3. The molecule has 118 valence electrons. The highest BCUT2D eigenvalue weighted by Gasteiger charge is 2.19. The van der Waals surface area contributed by atoms with Crippen LogP contribution < -0.4 is 19.9 Å². The number of imidazole rings is 1. The smallest absolute Gasteiger partial charge is 0.231 e. The number of benzene rings is 2. The van der Waals surface area contributed by atoms with Crippen LogP contribution in [0.5, 0.6) is 17.2 Å². The minimum atomic E-state index is 0.247. The normalized spacial score (nSPS) is 12.8. The third kappa shape index (κ3) is 2.27. The average molecular weight is 311 g/mol. The lowest BCUT2D eigenvalue weighted by molar-refractivity contribution is 0.174. The van der Waals surface area contributed by atoms with Gasteiger partial charge in [-0.05, 0) is 18.7 Å². The summed E-state index contributed by atoms with van der Waals surface area (Å²) in [7, 11) is 1.66. The van der Waals surface area contributed by atoms with Gasteiger partial charge in [0.25, 0.3) is 0 Å². The highest BCUT2D eigenvalue weighted by molar-refractivity contribution is 5.82. The molecule has 1 aliphatic rings. The Morgan fingerprint density at radius 1 is 1.22 bits per heavy atom. The fraction of sp³-hybridized carbons (Fsp3) is 0.235. The second-order valence-corrected chi connectivity index (χ2v) is 5.30. The number of ether oxygens (including phenoxy) is 3. The molecule has 0 saturated heterocycles. The summed E-state index contributed by atoms with van der Waals surface area (Å²) in [6.45, 7) is 0.775. The SMILES string of the molecule is COc1cccc(-n2c(CCN)nc3cc4c(cc32)OCO4)c1. The van der Waals surface area contributed by atoms with Crippen molar-refractivity contribution in [3.05, 3.63) is 42.2 Å². The number of aromatic nitrogens is 2. The van der Waals surface area contributed by atoms with Crippen molar-refractivity contribution in [1.29, 1.82) is 0 Å². The predicted octanol–water partition coefficient (Wildman–Crippen LogP) is 2.26. The van der Waals surface area contributed by atoms with Crippen molar-refractivity contribution < 1.29 is 14.2 Å². The standard InChI is InChI=1S/C17H17N3O3/c1-21-12-4-2-3-11(7-12)20-14-9-16-15(22-10-23-16)8-13(14)19-17(20)5-6-18/h2-4,7-9H,5-6,10,18H2,1H3. The molecule has 6 heteroatoms. The largest absolute Gasteiger partial charge is 0.497 e. The molecule has 0 fully saturated rings. The third-order valence-electron chi connectivity index (χ3n) is 3.90. The predicted molar refractivity (Wildman–Crippen MR) is 86.5 cm³/mol. The van der Waals surface area contributed by atoms with Gasteiger partial charge in [0.1, 0.15) is 11.6 Å². The molecule has 0 unspecified atom stereocenters. The van der Waals surface area contributed by atoms with E-state index in [1.54, 1.807) is 7.11 Å². The van der Waals surface area contributed by atoms with Crippen molar-refractivity contribution in [2.24, 2.45) is 5.73 Å². The number of rotatable bonds is 4. The second-order valence-electron chi connectivity index (χ2n) is 5.30. The Morgan fingerprint density at radius 2 is 2.04 bits per heavy atom. The van der Waals surface area contributed by atoms with Crippen LogP contribution in [0, 0.1) is 0 Å². The van der Waals surface area contributed by atoms with Gasteiger partial charge in [-0.1, -0.05) is 6.07 Å². The van der Waals surface area contributed by atoms with Gasteiger partial charge in [0.2, 0.25) is 6.79 Å². The maximum Gasteiger partial charge on any atom is 0.231 e. The van der Waals surface area contributed by atoms with Gasteiger partial charge in [-0.25, -0.2) is 4.98 Å². The Kier molecular flexibility index (Phi) is 3.31. The van der Waals surface area contributed by atoms with Crippen molar-refractivity contribution >= 4 is 11.0 Å². The maximum absolute atomic E-state index is 5.76. The summed E-state index contributed by atoms with van der Waals surface area (Å²) >= 11 is 0. The van der Waals surface area contributed by atoms with Crippen molar-refractivity contribution in [3.8, 4) is 22.9 Å². The van der Waals surface area contributed by atoms with Crippen molar-refractivity contribution in [1.82, 2.24) is 9.55 Å². The Balaban J connectivity index is 1.96. The molecule has 1 aliphatic heterocycles. The van der Waals surface area contributed by atoms with Gasteiger partial charge in [-0.3, -0.25) is 4.57 Å². The lowest BCUT2D eigenvalue weighted by Crippen LogP contribution is -2.09. The molecule has 2 aromatic carbocycles. The summed E-state index contributed by atoms with van der Waals surface area (Å²) in [6, 6.07) is 11.7. The second kappa shape index (κ2) is 5.48. The van der Waals surface area contributed by atoms with Crippen LogP contribution in [0.15, 0.2) is 36.4 Å². The van der Waals surface area contributed by atoms with Crippen LogP contribution in [0.2, 0.25) is 0 Å². The van der Waals surface area contributed by atoms with Crippen LogP contribution in [0.1, 0.15) is 5.82 Å². The minimum absolute atomic E-state index is 0.247. The number of hydrogen-bond acceptors (Lipinski definition) is 5. The van der Waals surface area contributed by atoms with Crippen LogP contribution in [0.3, 0.4) is 0 Å². The Hall–Kier alpha value is -2.73. The van der Waals surface area contributed by atoms with E-state index >= 15 is 0 Å². The molecule has 0 radical (unpaired) electrons. The molecule has 23 heavy (non-hydrogen) atoms. The fourth-order valence-electron chi connectivity index (χ4n) is 2.85.